The third-order valence-electron chi connectivity index (χ3n) is 2.85. The summed E-state index contributed by atoms with van der Waals surface area (Å²) in [5, 5.41) is 9.80. The van der Waals surface area contributed by atoms with Crippen LogP contribution in [0, 0.1) is 0 Å². The molecule has 6 N–H and O–H groups in total. The Morgan fingerprint density at radius 2 is 1.45 bits per heavy atom. The molecule has 0 aromatic carbocycles. The van der Waals surface area contributed by atoms with Crippen molar-refractivity contribution in [2.45, 2.75) is 39.3 Å². The molecule has 2 atom stereocenters. The minimum absolute atomic E-state index is 0.0349. The van der Waals surface area contributed by atoms with Crippen molar-refractivity contribution >= 4 is 23.6 Å². The molecule has 0 saturated heterocycles. The third-order valence-corrected chi connectivity index (χ3v) is 2.85. The Morgan fingerprint density at radius 1 is 0.909 bits per heavy atom. The zero-order valence-electron chi connectivity index (χ0n) is 13.2. The molecule has 0 aromatic heterocycles. The van der Waals surface area contributed by atoms with Crippen molar-refractivity contribution in [3.8, 4) is 0 Å². The minimum Gasteiger partial charge on any atom is -0.352 e. The normalized spacial score (nSPS) is 12.7. The van der Waals surface area contributed by atoms with Gasteiger partial charge in [0.2, 0.25) is 23.6 Å². The number of rotatable bonds is 9. The number of nitrogens with one attached hydrogen (secondary N) is 4. The predicted octanol–water partition coefficient (Wildman–Crippen LogP) is -2.40. The lowest BCUT2D eigenvalue weighted by Gasteiger charge is -2.15. The van der Waals surface area contributed by atoms with Crippen LogP contribution < -0.4 is 27.0 Å². The van der Waals surface area contributed by atoms with Gasteiger partial charge in [-0.15, -0.1) is 0 Å². The van der Waals surface area contributed by atoms with Gasteiger partial charge in [0.25, 0.3) is 0 Å². The molecule has 126 valence electrons. The number of amides is 4. The van der Waals surface area contributed by atoms with Crippen molar-refractivity contribution in [3.63, 3.8) is 0 Å². The second-order valence-corrected chi connectivity index (χ2v) is 4.86. The van der Waals surface area contributed by atoms with Gasteiger partial charge in [0.05, 0.1) is 19.6 Å². The van der Waals surface area contributed by atoms with Crippen LogP contribution in [0.4, 0.5) is 0 Å². The summed E-state index contributed by atoms with van der Waals surface area (Å²) in [5.74, 6) is -1.77. The lowest BCUT2D eigenvalue weighted by Crippen LogP contribution is -2.50. The van der Waals surface area contributed by atoms with Crippen LogP contribution in [0.3, 0.4) is 0 Å². The van der Waals surface area contributed by atoms with Crippen molar-refractivity contribution < 1.29 is 19.2 Å². The number of hydrogen-bond donors (Lipinski definition) is 5. The molecular formula is C13H25N5O4. The first-order chi connectivity index (χ1) is 10.3. The zero-order valence-corrected chi connectivity index (χ0v) is 13.2. The topological polar surface area (TPSA) is 142 Å². The van der Waals surface area contributed by atoms with Gasteiger partial charge in [-0.05, 0) is 20.3 Å². The van der Waals surface area contributed by atoms with Gasteiger partial charge in [-0.2, -0.15) is 0 Å². The predicted molar refractivity (Wildman–Crippen MR) is 80.6 cm³/mol. The fourth-order valence-corrected chi connectivity index (χ4v) is 1.36. The summed E-state index contributed by atoms with van der Waals surface area (Å²) in [6.07, 6.45) is 0.792. The van der Waals surface area contributed by atoms with E-state index in [4.69, 9.17) is 5.73 Å². The van der Waals surface area contributed by atoms with Gasteiger partial charge in [-0.1, -0.05) is 6.92 Å². The van der Waals surface area contributed by atoms with Gasteiger partial charge in [-0.3, -0.25) is 19.2 Å². The molecule has 0 rings (SSSR count). The fourth-order valence-electron chi connectivity index (χ4n) is 1.36. The molecule has 0 radical (unpaired) electrons. The summed E-state index contributed by atoms with van der Waals surface area (Å²) in [6, 6.07) is -0.786. The molecule has 0 aromatic rings. The standard InChI is InChI=1S/C13H25N5O4/c1-4-8(2)17-11(20)7-16-13(22)9(3)18-12(21)6-15-10(19)5-14/h8-9H,4-7,14H2,1-3H3,(H,15,19)(H,16,22)(H,17,20)(H,18,21). The molecule has 0 fully saturated rings. The van der Waals surface area contributed by atoms with Gasteiger partial charge < -0.3 is 27.0 Å². The molecule has 22 heavy (non-hydrogen) atoms. The van der Waals surface area contributed by atoms with E-state index in [9.17, 15) is 19.2 Å². The molecule has 0 aliphatic carbocycles. The molecule has 0 aliphatic heterocycles. The first-order valence-electron chi connectivity index (χ1n) is 7.13. The van der Waals surface area contributed by atoms with Crippen LogP contribution in [0.5, 0.6) is 0 Å². The van der Waals surface area contributed by atoms with Crippen LogP contribution in [-0.4, -0.2) is 55.3 Å². The van der Waals surface area contributed by atoms with Gasteiger partial charge in [0.15, 0.2) is 0 Å². The quantitative estimate of drug-likeness (QED) is 0.322. The summed E-state index contributed by atoms with van der Waals surface area (Å²) in [5.41, 5.74) is 5.07. The SMILES string of the molecule is CCC(C)NC(=O)CNC(=O)C(C)NC(=O)CNC(=O)CN. The Balaban J connectivity index is 4.03. The van der Waals surface area contributed by atoms with E-state index in [0.717, 1.165) is 6.42 Å². The number of nitrogens with two attached hydrogens (primary N) is 1. The maximum Gasteiger partial charge on any atom is 0.242 e. The highest BCUT2D eigenvalue weighted by molar-refractivity contribution is 5.91. The summed E-state index contributed by atoms with van der Waals surface area (Å²) < 4.78 is 0. The van der Waals surface area contributed by atoms with Crippen LogP contribution in [-0.2, 0) is 19.2 Å². The van der Waals surface area contributed by atoms with Crippen molar-refractivity contribution in [1.29, 1.82) is 0 Å². The average molecular weight is 315 g/mol. The first kappa shape index (κ1) is 19.8. The van der Waals surface area contributed by atoms with Crippen molar-refractivity contribution in [3.05, 3.63) is 0 Å². The molecule has 9 nitrogen and oxygen atoms in total. The van der Waals surface area contributed by atoms with Gasteiger partial charge in [0, 0.05) is 6.04 Å². The Labute approximate surface area is 129 Å². The van der Waals surface area contributed by atoms with E-state index in [1.54, 1.807) is 0 Å². The van der Waals surface area contributed by atoms with E-state index in [1.807, 2.05) is 13.8 Å². The second kappa shape index (κ2) is 10.6. The summed E-state index contributed by atoms with van der Waals surface area (Å²) in [7, 11) is 0. The van der Waals surface area contributed by atoms with E-state index >= 15 is 0 Å². The number of carbonyl (C=O) groups excluding carboxylic acids is 4. The molecule has 0 spiro atoms. The van der Waals surface area contributed by atoms with Crippen LogP contribution in [0.15, 0.2) is 0 Å². The highest BCUT2D eigenvalue weighted by Gasteiger charge is 2.16. The van der Waals surface area contributed by atoms with Crippen LogP contribution >= 0.6 is 0 Å². The van der Waals surface area contributed by atoms with Crippen LogP contribution in [0.25, 0.3) is 0 Å². The molecule has 2 unspecified atom stereocenters. The third kappa shape index (κ3) is 8.90. The highest BCUT2D eigenvalue weighted by Crippen LogP contribution is 1.87. The Bertz CT molecular complexity index is 413. The molecule has 0 saturated carbocycles. The molecule has 0 heterocycles. The van der Waals surface area contributed by atoms with Crippen LogP contribution in [0.1, 0.15) is 27.2 Å². The average Bonchev–Trinajstić information content (AvgIpc) is 2.49. The summed E-state index contributed by atoms with van der Waals surface area (Å²) in [6.45, 7) is 4.64. The fraction of sp³-hybridized carbons (Fsp3) is 0.692. The number of carbonyl (C=O) groups is 4. The lowest BCUT2D eigenvalue weighted by molar-refractivity contribution is -0.130. The van der Waals surface area contributed by atoms with Crippen molar-refractivity contribution in [1.82, 2.24) is 21.3 Å². The van der Waals surface area contributed by atoms with Gasteiger partial charge >= 0.3 is 0 Å². The maximum atomic E-state index is 11.7. The Morgan fingerprint density at radius 3 is 2.00 bits per heavy atom. The zero-order chi connectivity index (χ0) is 17.1. The Hall–Kier alpha value is -2.16. The summed E-state index contributed by atoms with van der Waals surface area (Å²) in [4.78, 5) is 45.6. The monoisotopic (exact) mass is 315 g/mol. The molecular weight excluding hydrogens is 290 g/mol. The maximum absolute atomic E-state index is 11.7. The highest BCUT2D eigenvalue weighted by atomic mass is 16.2. The van der Waals surface area contributed by atoms with Crippen molar-refractivity contribution in [2.75, 3.05) is 19.6 Å². The van der Waals surface area contributed by atoms with E-state index in [-0.39, 0.29) is 31.6 Å². The minimum atomic E-state index is -0.821. The second-order valence-electron chi connectivity index (χ2n) is 4.86. The van der Waals surface area contributed by atoms with E-state index < -0.39 is 23.8 Å². The molecule has 9 heteroatoms. The molecule has 0 aliphatic rings. The lowest BCUT2D eigenvalue weighted by atomic mass is 10.2. The Kier molecular flexibility index (Phi) is 9.51. The number of hydrogen-bond acceptors (Lipinski definition) is 5. The van der Waals surface area contributed by atoms with E-state index in [1.165, 1.54) is 6.92 Å². The summed E-state index contributed by atoms with van der Waals surface area (Å²) >= 11 is 0. The van der Waals surface area contributed by atoms with Crippen molar-refractivity contribution in [2.24, 2.45) is 5.73 Å². The van der Waals surface area contributed by atoms with Crippen LogP contribution in [0.2, 0.25) is 0 Å². The largest absolute Gasteiger partial charge is 0.352 e. The first-order valence-corrected chi connectivity index (χ1v) is 7.13. The van der Waals surface area contributed by atoms with E-state index in [0.29, 0.717) is 0 Å². The van der Waals surface area contributed by atoms with Gasteiger partial charge in [0.1, 0.15) is 6.04 Å². The smallest absolute Gasteiger partial charge is 0.242 e. The van der Waals surface area contributed by atoms with E-state index in [2.05, 4.69) is 21.3 Å². The van der Waals surface area contributed by atoms with Gasteiger partial charge in [-0.25, -0.2) is 0 Å². The molecule has 4 amide bonds. The molecule has 0 bridgehead atoms.